The smallest absolute Gasteiger partial charge is 0.259 e. The van der Waals surface area contributed by atoms with Crippen molar-refractivity contribution in [3.05, 3.63) is 27.1 Å². The molecule has 108 valence electrons. The molecule has 3 heterocycles. The van der Waals surface area contributed by atoms with E-state index < -0.39 is 0 Å². The lowest BCUT2D eigenvalue weighted by molar-refractivity contribution is 0.604. The van der Waals surface area contributed by atoms with Crippen molar-refractivity contribution in [2.24, 2.45) is 0 Å². The summed E-state index contributed by atoms with van der Waals surface area (Å²) in [6.45, 7) is 6.50. The predicted molar refractivity (Wildman–Crippen MR) is 91.5 cm³/mol. The molecule has 20 heavy (non-hydrogen) atoms. The van der Waals surface area contributed by atoms with Crippen molar-refractivity contribution >= 4 is 45.1 Å². The Morgan fingerprint density at radius 3 is 2.80 bits per heavy atom. The number of aromatic nitrogens is 2. The maximum absolute atomic E-state index is 12.3. The Balaban J connectivity index is 2.06. The maximum atomic E-state index is 12.3. The minimum Gasteiger partial charge on any atom is -0.309 e. The van der Waals surface area contributed by atoms with Crippen LogP contribution in [0.25, 0.3) is 10.2 Å². The second kappa shape index (κ2) is 5.39. The van der Waals surface area contributed by atoms with Crippen LogP contribution in [0, 0.1) is 0 Å². The second-order valence-corrected chi connectivity index (χ2v) is 9.46. The molecule has 0 saturated carbocycles. The number of H-pyrrole nitrogens is 1. The van der Waals surface area contributed by atoms with E-state index in [-0.39, 0.29) is 11.0 Å². The van der Waals surface area contributed by atoms with Gasteiger partial charge in [-0.25, -0.2) is 4.98 Å². The van der Waals surface area contributed by atoms with Gasteiger partial charge in [-0.1, -0.05) is 20.8 Å². The van der Waals surface area contributed by atoms with Crippen LogP contribution in [0.5, 0.6) is 0 Å². The van der Waals surface area contributed by atoms with Crippen LogP contribution in [-0.2, 0) is 5.41 Å². The van der Waals surface area contributed by atoms with Gasteiger partial charge in [0.05, 0.1) is 10.6 Å². The Morgan fingerprint density at radius 1 is 1.35 bits per heavy atom. The summed E-state index contributed by atoms with van der Waals surface area (Å²) in [6.07, 6.45) is 0. The molecule has 0 radical (unpaired) electrons. The van der Waals surface area contributed by atoms with E-state index >= 15 is 0 Å². The summed E-state index contributed by atoms with van der Waals surface area (Å²) in [7, 11) is 0. The van der Waals surface area contributed by atoms with Crippen molar-refractivity contribution in [3.8, 4) is 0 Å². The van der Waals surface area contributed by atoms with Gasteiger partial charge in [0.25, 0.3) is 5.56 Å². The van der Waals surface area contributed by atoms with Crippen molar-refractivity contribution in [3.63, 3.8) is 0 Å². The fraction of sp³-hybridized carbons (Fsp3) is 0.571. The molecule has 1 aliphatic heterocycles. The Hall–Kier alpha value is -0.460. The van der Waals surface area contributed by atoms with E-state index in [1.807, 2.05) is 29.6 Å². The van der Waals surface area contributed by atoms with Gasteiger partial charge in [-0.3, -0.25) is 4.79 Å². The number of nitrogens with one attached hydrogen (secondary N) is 1. The standard InChI is InChI=1S/C14H18N2OS3/c1-14(2,3)10-6-8-12(17)15-11(16-13(8)20-10)9-7-18-4-5-19-9/h6,9H,4-5,7H2,1-3H3,(H,15,16,17). The Labute approximate surface area is 131 Å². The Morgan fingerprint density at radius 2 is 2.15 bits per heavy atom. The fourth-order valence-corrected chi connectivity index (χ4v) is 5.84. The lowest BCUT2D eigenvalue weighted by atomic mass is 9.94. The molecule has 1 unspecified atom stereocenters. The van der Waals surface area contributed by atoms with E-state index in [1.54, 1.807) is 11.3 Å². The minimum atomic E-state index is 0.00734. The summed E-state index contributed by atoms with van der Waals surface area (Å²) in [4.78, 5) is 22.1. The molecule has 2 aromatic heterocycles. The lowest BCUT2D eigenvalue weighted by Crippen LogP contribution is -2.16. The SMILES string of the molecule is CC(C)(C)c1cc2c(=O)[nH]c(C3CSCCS3)nc2s1. The van der Waals surface area contributed by atoms with Gasteiger partial charge in [0.2, 0.25) is 0 Å². The van der Waals surface area contributed by atoms with Gasteiger partial charge < -0.3 is 4.98 Å². The third-order valence-electron chi connectivity index (χ3n) is 3.28. The average Bonchev–Trinajstić information content (AvgIpc) is 2.84. The van der Waals surface area contributed by atoms with Crippen LogP contribution in [0.3, 0.4) is 0 Å². The number of nitrogens with zero attached hydrogens (tertiary/aromatic N) is 1. The first-order valence-electron chi connectivity index (χ1n) is 6.69. The number of hydrogen-bond donors (Lipinski definition) is 1. The number of rotatable bonds is 1. The van der Waals surface area contributed by atoms with Gasteiger partial charge in [-0.05, 0) is 11.5 Å². The molecule has 1 atom stereocenters. The quantitative estimate of drug-likeness (QED) is 0.866. The predicted octanol–water partition coefficient (Wildman–Crippen LogP) is 3.80. The number of fused-ring (bicyclic) bond motifs is 1. The summed E-state index contributed by atoms with van der Waals surface area (Å²) >= 11 is 5.49. The molecule has 0 aliphatic carbocycles. The second-order valence-electron chi connectivity index (χ2n) is 5.96. The van der Waals surface area contributed by atoms with Gasteiger partial charge in [-0.2, -0.15) is 11.8 Å². The summed E-state index contributed by atoms with van der Waals surface area (Å²) in [6, 6.07) is 2.00. The van der Waals surface area contributed by atoms with Gasteiger partial charge >= 0.3 is 0 Å². The number of thiophene rings is 1. The number of thioether (sulfide) groups is 2. The normalized spacial score (nSPS) is 20.4. The van der Waals surface area contributed by atoms with E-state index in [0.717, 1.165) is 27.5 Å². The molecule has 0 bridgehead atoms. The molecule has 1 aliphatic rings. The van der Waals surface area contributed by atoms with Crippen LogP contribution in [0.2, 0.25) is 0 Å². The molecular weight excluding hydrogens is 308 g/mol. The van der Waals surface area contributed by atoms with E-state index in [9.17, 15) is 4.79 Å². The van der Waals surface area contributed by atoms with Crippen LogP contribution >= 0.6 is 34.9 Å². The highest BCUT2D eigenvalue weighted by Gasteiger charge is 2.22. The van der Waals surface area contributed by atoms with Crippen molar-refractivity contribution in [1.82, 2.24) is 9.97 Å². The molecule has 0 spiro atoms. The summed E-state index contributed by atoms with van der Waals surface area (Å²) < 4.78 is 0. The molecule has 1 N–H and O–H groups in total. The van der Waals surface area contributed by atoms with Gasteiger partial charge in [0.1, 0.15) is 10.7 Å². The summed E-state index contributed by atoms with van der Waals surface area (Å²) in [5.41, 5.74) is 0.0702. The Bertz CT molecular complexity index is 678. The molecule has 0 aromatic carbocycles. The molecule has 0 amide bonds. The first-order chi connectivity index (χ1) is 9.45. The fourth-order valence-electron chi connectivity index (χ4n) is 2.12. The number of hydrogen-bond acceptors (Lipinski definition) is 5. The third-order valence-corrected chi connectivity index (χ3v) is 7.50. The van der Waals surface area contributed by atoms with Gasteiger partial charge in [0.15, 0.2) is 0 Å². The highest BCUT2D eigenvalue weighted by Crippen LogP contribution is 2.36. The van der Waals surface area contributed by atoms with Gasteiger partial charge in [0, 0.05) is 22.1 Å². The molecular formula is C14H18N2OS3. The van der Waals surface area contributed by atoms with E-state index in [4.69, 9.17) is 4.98 Å². The van der Waals surface area contributed by atoms with E-state index in [2.05, 4.69) is 25.8 Å². The number of aromatic amines is 1. The molecule has 3 rings (SSSR count). The van der Waals surface area contributed by atoms with Crippen molar-refractivity contribution in [2.45, 2.75) is 31.4 Å². The van der Waals surface area contributed by atoms with Crippen molar-refractivity contribution in [2.75, 3.05) is 17.3 Å². The zero-order valence-corrected chi connectivity index (χ0v) is 14.3. The highest BCUT2D eigenvalue weighted by molar-refractivity contribution is 8.06. The molecule has 2 aromatic rings. The zero-order valence-electron chi connectivity index (χ0n) is 11.9. The topological polar surface area (TPSA) is 45.8 Å². The zero-order chi connectivity index (χ0) is 14.3. The molecule has 3 nitrogen and oxygen atoms in total. The lowest BCUT2D eigenvalue weighted by Gasteiger charge is -2.19. The van der Waals surface area contributed by atoms with Gasteiger partial charge in [-0.15, -0.1) is 23.1 Å². The van der Waals surface area contributed by atoms with Crippen LogP contribution in [0.15, 0.2) is 10.9 Å². The molecule has 1 fully saturated rings. The molecule has 6 heteroatoms. The summed E-state index contributed by atoms with van der Waals surface area (Å²) in [5.74, 6) is 4.22. The van der Waals surface area contributed by atoms with Crippen molar-refractivity contribution < 1.29 is 0 Å². The summed E-state index contributed by atoms with van der Waals surface area (Å²) in [5, 5.41) is 1.06. The van der Waals surface area contributed by atoms with E-state index in [0.29, 0.717) is 5.25 Å². The molecule has 1 saturated heterocycles. The monoisotopic (exact) mass is 326 g/mol. The van der Waals surface area contributed by atoms with Crippen LogP contribution in [-0.4, -0.2) is 27.2 Å². The third kappa shape index (κ3) is 2.78. The van der Waals surface area contributed by atoms with E-state index in [1.165, 1.54) is 10.6 Å². The van der Waals surface area contributed by atoms with Crippen LogP contribution < -0.4 is 5.56 Å². The minimum absolute atomic E-state index is 0.00734. The Kier molecular flexibility index (Phi) is 3.90. The first kappa shape index (κ1) is 14.5. The van der Waals surface area contributed by atoms with Crippen LogP contribution in [0.1, 0.15) is 36.7 Å². The first-order valence-corrected chi connectivity index (χ1v) is 9.71. The van der Waals surface area contributed by atoms with Crippen LogP contribution in [0.4, 0.5) is 0 Å². The highest BCUT2D eigenvalue weighted by atomic mass is 32.2. The average molecular weight is 327 g/mol. The maximum Gasteiger partial charge on any atom is 0.259 e. The largest absolute Gasteiger partial charge is 0.309 e. The van der Waals surface area contributed by atoms with Crippen molar-refractivity contribution in [1.29, 1.82) is 0 Å².